The lowest BCUT2D eigenvalue weighted by atomic mass is 9.94. The molecular weight excluding hydrogens is 237 g/mol. The fraction of sp³-hybridized carbons (Fsp3) is 0.364. The monoisotopic (exact) mass is 248 g/mol. The molecule has 0 aliphatic rings. The van der Waals surface area contributed by atoms with E-state index in [0.29, 0.717) is 0 Å². The Morgan fingerprint density at radius 2 is 2.00 bits per heavy atom. The molecule has 1 unspecified atom stereocenters. The van der Waals surface area contributed by atoms with Gasteiger partial charge in [0.15, 0.2) is 0 Å². The molecule has 6 heteroatoms. The van der Waals surface area contributed by atoms with E-state index in [1.807, 2.05) is 0 Å². The normalized spacial score (nSPS) is 13.4. The van der Waals surface area contributed by atoms with Crippen LogP contribution in [0.15, 0.2) is 18.2 Å². The topological polar surface area (TPSA) is 57.5 Å². The van der Waals surface area contributed by atoms with Crippen molar-refractivity contribution in [1.82, 2.24) is 0 Å². The first-order chi connectivity index (χ1) is 7.73. The van der Waals surface area contributed by atoms with E-state index in [9.17, 15) is 23.1 Å². The van der Waals surface area contributed by atoms with E-state index in [4.69, 9.17) is 5.11 Å². The summed E-state index contributed by atoms with van der Waals surface area (Å²) in [6.45, 7) is 1.45. The van der Waals surface area contributed by atoms with Gasteiger partial charge in [-0.25, -0.2) is 0 Å². The highest BCUT2D eigenvalue weighted by molar-refractivity contribution is 5.68. The van der Waals surface area contributed by atoms with Gasteiger partial charge in [0.2, 0.25) is 0 Å². The van der Waals surface area contributed by atoms with Gasteiger partial charge in [-0.05, 0) is 17.5 Å². The fourth-order valence-corrected chi connectivity index (χ4v) is 1.56. The average Bonchev–Trinajstić information content (AvgIpc) is 2.14. The second-order valence-corrected chi connectivity index (χ2v) is 3.74. The van der Waals surface area contributed by atoms with Gasteiger partial charge < -0.3 is 10.2 Å². The van der Waals surface area contributed by atoms with E-state index in [2.05, 4.69) is 0 Å². The van der Waals surface area contributed by atoms with E-state index in [0.717, 1.165) is 12.1 Å². The minimum absolute atomic E-state index is 0.0118. The number of aromatic hydroxyl groups is 1. The number of alkyl halides is 3. The molecule has 0 aliphatic carbocycles. The lowest BCUT2D eigenvalue weighted by molar-refractivity contribution is -0.138. The summed E-state index contributed by atoms with van der Waals surface area (Å²) in [5, 5.41) is 18.1. The van der Waals surface area contributed by atoms with Gasteiger partial charge >= 0.3 is 12.1 Å². The molecule has 1 rings (SSSR count). The molecule has 94 valence electrons. The first-order valence-electron chi connectivity index (χ1n) is 4.84. The predicted molar refractivity (Wildman–Crippen MR) is 53.8 cm³/mol. The molecule has 0 aromatic heterocycles. The van der Waals surface area contributed by atoms with Crippen LogP contribution in [-0.2, 0) is 11.0 Å². The number of carboxylic acid groups (broad SMARTS) is 1. The molecule has 1 aromatic rings. The third-order valence-electron chi connectivity index (χ3n) is 2.38. The Hall–Kier alpha value is -1.72. The number of phenols is 1. The molecule has 3 nitrogen and oxygen atoms in total. The molecule has 0 spiro atoms. The van der Waals surface area contributed by atoms with Crippen LogP contribution in [0.4, 0.5) is 13.2 Å². The molecular formula is C11H11F3O3. The maximum atomic E-state index is 12.5. The van der Waals surface area contributed by atoms with Crippen LogP contribution in [0, 0.1) is 0 Å². The molecule has 2 N–H and O–H groups in total. The van der Waals surface area contributed by atoms with Crippen molar-refractivity contribution < 1.29 is 28.2 Å². The SMILES string of the molecule is CC(CC(=O)O)c1cccc(C(F)(F)F)c1O. The summed E-state index contributed by atoms with van der Waals surface area (Å²) in [6, 6.07) is 3.20. The van der Waals surface area contributed by atoms with Crippen molar-refractivity contribution in [3.63, 3.8) is 0 Å². The predicted octanol–water partition coefficient (Wildman–Crippen LogP) is 2.99. The summed E-state index contributed by atoms with van der Waals surface area (Å²) in [6.07, 6.45) is -4.99. The number of carboxylic acids is 1. The minimum Gasteiger partial charge on any atom is -0.507 e. The molecule has 0 radical (unpaired) electrons. The number of hydrogen-bond acceptors (Lipinski definition) is 2. The number of aliphatic carboxylic acids is 1. The zero-order valence-electron chi connectivity index (χ0n) is 8.95. The van der Waals surface area contributed by atoms with E-state index in [-0.39, 0.29) is 12.0 Å². The third-order valence-corrected chi connectivity index (χ3v) is 2.38. The zero-order valence-corrected chi connectivity index (χ0v) is 8.95. The summed E-state index contributed by atoms with van der Waals surface area (Å²) in [5.41, 5.74) is -1.16. The summed E-state index contributed by atoms with van der Waals surface area (Å²) in [7, 11) is 0. The molecule has 1 atom stereocenters. The van der Waals surface area contributed by atoms with E-state index >= 15 is 0 Å². The van der Waals surface area contributed by atoms with Gasteiger partial charge in [0.25, 0.3) is 0 Å². The van der Waals surface area contributed by atoms with Crippen LogP contribution in [0.1, 0.15) is 30.4 Å². The van der Waals surface area contributed by atoms with E-state index in [1.165, 1.54) is 13.0 Å². The molecule has 0 saturated heterocycles. The van der Waals surface area contributed by atoms with E-state index < -0.39 is 29.4 Å². The van der Waals surface area contributed by atoms with Crippen molar-refractivity contribution in [2.75, 3.05) is 0 Å². The minimum atomic E-state index is -4.65. The number of hydrogen-bond donors (Lipinski definition) is 2. The van der Waals surface area contributed by atoms with Crippen LogP contribution in [0.25, 0.3) is 0 Å². The Morgan fingerprint density at radius 1 is 1.41 bits per heavy atom. The molecule has 0 heterocycles. The zero-order chi connectivity index (χ0) is 13.2. The number of carbonyl (C=O) groups is 1. The van der Waals surface area contributed by atoms with Gasteiger partial charge in [-0.15, -0.1) is 0 Å². The first kappa shape index (κ1) is 13.3. The Labute approximate surface area is 95.5 Å². The van der Waals surface area contributed by atoms with Gasteiger partial charge in [0.05, 0.1) is 12.0 Å². The van der Waals surface area contributed by atoms with Crippen molar-refractivity contribution in [3.05, 3.63) is 29.3 Å². The Kier molecular flexibility index (Phi) is 3.65. The maximum absolute atomic E-state index is 12.5. The quantitative estimate of drug-likeness (QED) is 0.864. The highest BCUT2D eigenvalue weighted by Gasteiger charge is 2.35. The lowest BCUT2D eigenvalue weighted by Crippen LogP contribution is -2.08. The van der Waals surface area contributed by atoms with Gasteiger partial charge in [0.1, 0.15) is 5.75 Å². The molecule has 17 heavy (non-hydrogen) atoms. The van der Waals surface area contributed by atoms with Gasteiger partial charge in [0, 0.05) is 0 Å². The number of benzene rings is 1. The summed E-state index contributed by atoms with van der Waals surface area (Å²) < 4.78 is 37.4. The van der Waals surface area contributed by atoms with E-state index in [1.54, 1.807) is 0 Å². The van der Waals surface area contributed by atoms with Crippen LogP contribution >= 0.6 is 0 Å². The molecule has 1 aromatic carbocycles. The summed E-state index contributed by atoms with van der Waals surface area (Å²) in [4.78, 5) is 10.5. The number of rotatable bonds is 3. The molecule has 0 aliphatic heterocycles. The van der Waals surface area contributed by atoms with Crippen LogP contribution < -0.4 is 0 Å². The summed E-state index contributed by atoms with van der Waals surface area (Å²) in [5.74, 6) is -2.71. The number of halogens is 3. The van der Waals surface area contributed by atoms with Gasteiger partial charge in [-0.1, -0.05) is 19.1 Å². The van der Waals surface area contributed by atoms with Gasteiger partial charge in [-0.3, -0.25) is 4.79 Å². The highest BCUT2D eigenvalue weighted by atomic mass is 19.4. The van der Waals surface area contributed by atoms with Gasteiger partial charge in [-0.2, -0.15) is 13.2 Å². The maximum Gasteiger partial charge on any atom is 0.419 e. The largest absolute Gasteiger partial charge is 0.507 e. The van der Waals surface area contributed by atoms with Crippen LogP contribution in [0.5, 0.6) is 5.75 Å². The average molecular weight is 248 g/mol. The summed E-state index contributed by atoms with van der Waals surface area (Å²) >= 11 is 0. The standard InChI is InChI=1S/C11H11F3O3/c1-6(5-9(15)16)7-3-2-4-8(10(7)17)11(12,13)14/h2-4,6,17H,5H2,1H3,(H,15,16). The molecule has 0 saturated carbocycles. The van der Waals surface area contributed by atoms with Crippen LogP contribution in [-0.4, -0.2) is 16.2 Å². The molecule has 0 amide bonds. The van der Waals surface area contributed by atoms with Crippen molar-refractivity contribution in [3.8, 4) is 5.75 Å². The Bertz CT molecular complexity index is 426. The second-order valence-electron chi connectivity index (χ2n) is 3.74. The fourth-order valence-electron chi connectivity index (χ4n) is 1.56. The lowest BCUT2D eigenvalue weighted by Gasteiger charge is -2.15. The number of para-hydroxylation sites is 1. The van der Waals surface area contributed by atoms with Crippen LogP contribution in [0.2, 0.25) is 0 Å². The smallest absolute Gasteiger partial charge is 0.419 e. The third kappa shape index (κ3) is 3.12. The molecule has 0 bridgehead atoms. The second kappa shape index (κ2) is 4.65. The Balaban J connectivity index is 3.15. The van der Waals surface area contributed by atoms with Crippen molar-refractivity contribution in [1.29, 1.82) is 0 Å². The van der Waals surface area contributed by atoms with Crippen LogP contribution in [0.3, 0.4) is 0 Å². The van der Waals surface area contributed by atoms with Crippen molar-refractivity contribution in [2.24, 2.45) is 0 Å². The number of phenolic OH excluding ortho intramolecular Hbond substituents is 1. The highest BCUT2D eigenvalue weighted by Crippen LogP contribution is 2.40. The van der Waals surface area contributed by atoms with Crippen molar-refractivity contribution in [2.45, 2.75) is 25.4 Å². The first-order valence-corrected chi connectivity index (χ1v) is 4.84. The van der Waals surface area contributed by atoms with Crippen molar-refractivity contribution >= 4 is 5.97 Å². The molecule has 0 fully saturated rings. The Morgan fingerprint density at radius 3 is 2.47 bits per heavy atom.